The van der Waals surface area contributed by atoms with Gasteiger partial charge in [0.2, 0.25) is 0 Å². The van der Waals surface area contributed by atoms with Gasteiger partial charge in [0.25, 0.3) is 0 Å². The van der Waals surface area contributed by atoms with Gasteiger partial charge in [-0.1, -0.05) is 13.0 Å². The van der Waals surface area contributed by atoms with E-state index in [-0.39, 0.29) is 0 Å². The molecule has 1 fully saturated rings. The lowest BCUT2D eigenvalue weighted by Gasteiger charge is -2.37. The second-order valence-electron chi connectivity index (χ2n) is 6.13. The van der Waals surface area contributed by atoms with Crippen molar-refractivity contribution in [3.8, 4) is 0 Å². The standard InChI is InChI=1S/C17H29N3/c1-4-11-20-12-7-8-16(13-20)14(2)19-15(3)17-9-5-6-10-18-17/h5-6,9-10,14-16,19H,4,7-8,11-13H2,1-3H3. The number of piperidine rings is 1. The van der Waals surface area contributed by atoms with Crippen molar-refractivity contribution in [1.82, 2.24) is 15.2 Å². The Kier molecular flexibility index (Phi) is 5.99. The van der Waals surface area contributed by atoms with Crippen LogP contribution in [0.25, 0.3) is 0 Å². The van der Waals surface area contributed by atoms with E-state index >= 15 is 0 Å². The van der Waals surface area contributed by atoms with E-state index in [0.29, 0.717) is 12.1 Å². The number of nitrogens with one attached hydrogen (secondary N) is 1. The Morgan fingerprint density at radius 3 is 2.95 bits per heavy atom. The van der Waals surface area contributed by atoms with Crippen LogP contribution in [0.4, 0.5) is 0 Å². The third kappa shape index (κ3) is 4.29. The minimum atomic E-state index is 0.327. The highest BCUT2D eigenvalue weighted by atomic mass is 15.1. The van der Waals surface area contributed by atoms with Gasteiger partial charge in [0, 0.05) is 24.8 Å². The number of hydrogen-bond acceptors (Lipinski definition) is 3. The maximum atomic E-state index is 4.45. The quantitative estimate of drug-likeness (QED) is 0.864. The lowest BCUT2D eigenvalue weighted by atomic mass is 9.91. The van der Waals surface area contributed by atoms with Gasteiger partial charge in [0.05, 0.1) is 5.69 Å². The van der Waals surface area contributed by atoms with Gasteiger partial charge in [-0.15, -0.1) is 0 Å². The minimum absolute atomic E-state index is 0.327. The number of nitrogens with zero attached hydrogens (tertiary/aromatic N) is 2. The molecule has 1 N–H and O–H groups in total. The third-order valence-corrected chi connectivity index (χ3v) is 4.43. The SMILES string of the molecule is CCCN1CCCC(C(C)NC(C)c2ccccn2)C1. The Balaban J connectivity index is 1.86. The second-order valence-corrected chi connectivity index (χ2v) is 6.13. The fourth-order valence-electron chi connectivity index (χ4n) is 3.27. The predicted octanol–water partition coefficient (Wildman–Crippen LogP) is 3.24. The summed E-state index contributed by atoms with van der Waals surface area (Å²) in [6.07, 6.45) is 5.83. The molecule has 3 unspecified atom stereocenters. The molecule has 2 rings (SSSR count). The molecule has 0 radical (unpaired) electrons. The maximum absolute atomic E-state index is 4.45. The second kappa shape index (κ2) is 7.75. The summed E-state index contributed by atoms with van der Waals surface area (Å²) >= 11 is 0. The van der Waals surface area contributed by atoms with Crippen molar-refractivity contribution in [2.45, 2.75) is 52.1 Å². The fraction of sp³-hybridized carbons (Fsp3) is 0.706. The van der Waals surface area contributed by atoms with E-state index in [1.165, 1.54) is 38.9 Å². The number of likely N-dealkylation sites (tertiary alicyclic amines) is 1. The largest absolute Gasteiger partial charge is 0.306 e. The van der Waals surface area contributed by atoms with Gasteiger partial charge in [0.1, 0.15) is 0 Å². The van der Waals surface area contributed by atoms with E-state index in [1.807, 2.05) is 12.3 Å². The summed E-state index contributed by atoms with van der Waals surface area (Å²) in [5.74, 6) is 0.765. The Bertz CT molecular complexity index is 377. The average Bonchev–Trinajstić information content (AvgIpc) is 2.48. The van der Waals surface area contributed by atoms with Crippen LogP contribution in [-0.2, 0) is 0 Å². The van der Waals surface area contributed by atoms with E-state index < -0.39 is 0 Å². The molecule has 0 amide bonds. The Morgan fingerprint density at radius 1 is 1.40 bits per heavy atom. The number of aromatic nitrogens is 1. The molecular formula is C17H29N3. The number of pyridine rings is 1. The molecule has 0 spiro atoms. The lowest BCUT2D eigenvalue weighted by Crippen LogP contribution is -2.45. The van der Waals surface area contributed by atoms with Gasteiger partial charge in [-0.3, -0.25) is 4.98 Å². The first-order valence-corrected chi connectivity index (χ1v) is 8.10. The molecule has 2 heterocycles. The van der Waals surface area contributed by atoms with Crippen LogP contribution in [0.3, 0.4) is 0 Å². The highest BCUT2D eigenvalue weighted by Crippen LogP contribution is 2.22. The summed E-state index contributed by atoms with van der Waals surface area (Å²) in [5.41, 5.74) is 1.14. The highest BCUT2D eigenvalue weighted by molar-refractivity contribution is 5.08. The molecule has 112 valence electrons. The molecule has 0 aliphatic carbocycles. The van der Waals surface area contributed by atoms with Gasteiger partial charge >= 0.3 is 0 Å². The number of hydrogen-bond donors (Lipinski definition) is 1. The monoisotopic (exact) mass is 275 g/mol. The molecule has 0 bridgehead atoms. The van der Waals surface area contributed by atoms with Crippen molar-refractivity contribution in [2.24, 2.45) is 5.92 Å². The van der Waals surface area contributed by atoms with Crippen LogP contribution in [0.2, 0.25) is 0 Å². The van der Waals surface area contributed by atoms with Crippen LogP contribution < -0.4 is 5.32 Å². The third-order valence-electron chi connectivity index (χ3n) is 4.43. The maximum Gasteiger partial charge on any atom is 0.0570 e. The van der Waals surface area contributed by atoms with Crippen LogP contribution in [0.15, 0.2) is 24.4 Å². The van der Waals surface area contributed by atoms with Gasteiger partial charge in [-0.2, -0.15) is 0 Å². The van der Waals surface area contributed by atoms with Crippen molar-refractivity contribution < 1.29 is 0 Å². The predicted molar refractivity (Wildman–Crippen MR) is 84.7 cm³/mol. The van der Waals surface area contributed by atoms with Crippen LogP contribution in [0.1, 0.15) is 51.8 Å². The average molecular weight is 275 g/mol. The van der Waals surface area contributed by atoms with E-state index in [2.05, 4.69) is 48.1 Å². The first kappa shape index (κ1) is 15.5. The number of rotatable bonds is 6. The Labute approximate surface area is 123 Å². The molecule has 1 aromatic heterocycles. The van der Waals surface area contributed by atoms with E-state index in [1.54, 1.807) is 0 Å². The summed E-state index contributed by atoms with van der Waals surface area (Å²) in [7, 11) is 0. The van der Waals surface area contributed by atoms with Gasteiger partial charge < -0.3 is 10.2 Å². The molecule has 1 aliphatic rings. The molecule has 0 aromatic carbocycles. The van der Waals surface area contributed by atoms with Gasteiger partial charge in [-0.05, 0) is 64.3 Å². The summed E-state index contributed by atoms with van der Waals surface area (Å²) < 4.78 is 0. The van der Waals surface area contributed by atoms with Crippen molar-refractivity contribution >= 4 is 0 Å². The molecule has 1 aliphatic heterocycles. The fourth-order valence-corrected chi connectivity index (χ4v) is 3.27. The Hall–Kier alpha value is -0.930. The molecule has 3 heteroatoms. The van der Waals surface area contributed by atoms with E-state index in [0.717, 1.165) is 11.6 Å². The van der Waals surface area contributed by atoms with Crippen LogP contribution in [0, 0.1) is 5.92 Å². The topological polar surface area (TPSA) is 28.2 Å². The van der Waals surface area contributed by atoms with Crippen molar-refractivity contribution in [3.63, 3.8) is 0 Å². The first-order chi connectivity index (χ1) is 9.70. The first-order valence-electron chi connectivity index (χ1n) is 8.10. The molecule has 20 heavy (non-hydrogen) atoms. The molecule has 3 nitrogen and oxygen atoms in total. The van der Waals surface area contributed by atoms with Gasteiger partial charge in [-0.25, -0.2) is 0 Å². The highest BCUT2D eigenvalue weighted by Gasteiger charge is 2.25. The lowest BCUT2D eigenvalue weighted by molar-refractivity contribution is 0.147. The Morgan fingerprint density at radius 2 is 2.25 bits per heavy atom. The molecule has 1 aromatic rings. The zero-order chi connectivity index (χ0) is 14.4. The normalized spacial score (nSPS) is 23.4. The van der Waals surface area contributed by atoms with Crippen LogP contribution >= 0.6 is 0 Å². The molecule has 1 saturated heterocycles. The summed E-state index contributed by atoms with van der Waals surface area (Å²) in [6.45, 7) is 10.6. The van der Waals surface area contributed by atoms with Crippen molar-refractivity contribution in [3.05, 3.63) is 30.1 Å². The summed E-state index contributed by atoms with van der Waals surface area (Å²) in [5, 5.41) is 3.74. The zero-order valence-electron chi connectivity index (χ0n) is 13.2. The van der Waals surface area contributed by atoms with Crippen molar-refractivity contribution in [1.29, 1.82) is 0 Å². The minimum Gasteiger partial charge on any atom is -0.306 e. The molecule has 0 saturated carbocycles. The van der Waals surface area contributed by atoms with E-state index in [4.69, 9.17) is 0 Å². The molecule has 3 atom stereocenters. The smallest absolute Gasteiger partial charge is 0.0570 e. The van der Waals surface area contributed by atoms with Crippen molar-refractivity contribution in [2.75, 3.05) is 19.6 Å². The van der Waals surface area contributed by atoms with Crippen LogP contribution in [0.5, 0.6) is 0 Å². The van der Waals surface area contributed by atoms with E-state index in [9.17, 15) is 0 Å². The zero-order valence-corrected chi connectivity index (χ0v) is 13.2. The van der Waals surface area contributed by atoms with Gasteiger partial charge in [0.15, 0.2) is 0 Å². The summed E-state index contributed by atoms with van der Waals surface area (Å²) in [6, 6.07) is 7.02. The molecular weight excluding hydrogens is 246 g/mol. The summed E-state index contributed by atoms with van der Waals surface area (Å²) in [4.78, 5) is 7.07. The van der Waals surface area contributed by atoms with Crippen LogP contribution in [-0.4, -0.2) is 35.6 Å².